The number of carbonyl (C=O) groups is 1. The summed E-state index contributed by atoms with van der Waals surface area (Å²) in [5, 5.41) is 15.1. The number of aromatic nitrogens is 3. The van der Waals surface area contributed by atoms with Gasteiger partial charge in [0.1, 0.15) is 5.82 Å². The highest BCUT2D eigenvalue weighted by Gasteiger charge is 2.33. The largest absolute Gasteiger partial charge is 0.492 e. The zero-order valence-electron chi connectivity index (χ0n) is 14.5. The van der Waals surface area contributed by atoms with Gasteiger partial charge in [-0.2, -0.15) is 4.52 Å². The van der Waals surface area contributed by atoms with E-state index in [0.29, 0.717) is 10.8 Å². The Morgan fingerprint density at radius 2 is 2.00 bits per heavy atom. The van der Waals surface area contributed by atoms with Crippen LogP contribution in [0.25, 0.3) is 4.96 Å². The average Bonchev–Trinajstić information content (AvgIpc) is 3.14. The first-order valence-corrected chi connectivity index (χ1v) is 9.49. The number of nitrogens with two attached hydrogens (primary N) is 1. The lowest BCUT2D eigenvalue weighted by molar-refractivity contribution is -0.123. The van der Waals surface area contributed by atoms with Gasteiger partial charge >= 0.3 is 0 Å². The van der Waals surface area contributed by atoms with Gasteiger partial charge in [0.05, 0.1) is 10.9 Å². The maximum Gasteiger partial charge on any atom is 0.230 e. The quantitative estimate of drug-likeness (QED) is 0.732. The Labute approximate surface area is 155 Å². The average molecular weight is 371 g/mol. The number of nitrogens with zero attached hydrogens (tertiary/aromatic N) is 4. The molecule has 1 aliphatic heterocycles. The van der Waals surface area contributed by atoms with Crippen LogP contribution in [-0.2, 0) is 4.79 Å². The molecule has 3 heterocycles. The third-order valence-electron chi connectivity index (χ3n) is 4.97. The number of likely N-dealkylation sites (tertiary alicyclic amines) is 1. The molecule has 0 saturated carbocycles. The van der Waals surface area contributed by atoms with Gasteiger partial charge in [0.2, 0.25) is 16.7 Å². The number of hydrogen-bond donors (Lipinski definition) is 2. The second-order valence-corrected chi connectivity index (χ2v) is 7.68. The van der Waals surface area contributed by atoms with Crippen molar-refractivity contribution in [3.05, 3.63) is 46.6 Å². The molecule has 26 heavy (non-hydrogen) atoms. The normalized spacial score (nSPS) is 17.6. The third-order valence-corrected chi connectivity index (χ3v) is 6.04. The van der Waals surface area contributed by atoms with Crippen LogP contribution in [0.15, 0.2) is 30.3 Å². The van der Waals surface area contributed by atoms with Crippen molar-refractivity contribution in [2.24, 2.45) is 11.7 Å². The van der Waals surface area contributed by atoms with Gasteiger partial charge < -0.3 is 10.8 Å². The molecule has 0 radical (unpaired) electrons. The molecule has 3 N–H and O–H groups in total. The number of aromatic hydroxyl groups is 1. The minimum absolute atomic E-state index is 0.0683. The van der Waals surface area contributed by atoms with E-state index in [2.05, 4.69) is 27.1 Å². The predicted molar refractivity (Wildman–Crippen MR) is 99.0 cm³/mol. The van der Waals surface area contributed by atoms with Crippen LogP contribution in [0.3, 0.4) is 0 Å². The van der Waals surface area contributed by atoms with E-state index in [-0.39, 0.29) is 23.7 Å². The molecule has 0 unspecified atom stereocenters. The van der Waals surface area contributed by atoms with Crippen molar-refractivity contribution in [1.82, 2.24) is 19.5 Å². The van der Waals surface area contributed by atoms with Gasteiger partial charge in [0.25, 0.3) is 0 Å². The highest BCUT2D eigenvalue weighted by atomic mass is 32.1. The fraction of sp³-hybridized carbons (Fsp3) is 0.389. The van der Waals surface area contributed by atoms with Crippen molar-refractivity contribution >= 4 is 22.2 Å². The molecule has 1 amide bonds. The molecule has 1 atom stereocenters. The molecular formula is C18H21N5O2S. The molecule has 0 aliphatic carbocycles. The van der Waals surface area contributed by atoms with Crippen LogP contribution in [-0.4, -0.2) is 43.6 Å². The van der Waals surface area contributed by atoms with Crippen LogP contribution in [0, 0.1) is 12.8 Å². The number of fused-ring (bicyclic) bond motifs is 1. The van der Waals surface area contributed by atoms with Gasteiger partial charge in [0.15, 0.2) is 0 Å². The van der Waals surface area contributed by atoms with E-state index in [1.165, 1.54) is 15.9 Å². The van der Waals surface area contributed by atoms with Gasteiger partial charge in [-0.15, -0.1) is 5.10 Å². The summed E-state index contributed by atoms with van der Waals surface area (Å²) in [7, 11) is 0. The number of aryl methyl sites for hydroxylation is 1. The lowest BCUT2D eigenvalue weighted by atomic mass is 9.93. The first-order valence-electron chi connectivity index (χ1n) is 8.68. The van der Waals surface area contributed by atoms with E-state index in [4.69, 9.17) is 5.73 Å². The number of rotatable bonds is 4. The first kappa shape index (κ1) is 17.0. The Kier molecular flexibility index (Phi) is 4.37. The Morgan fingerprint density at radius 3 is 2.62 bits per heavy atom. The van der Waals surface area contributed by atoms with Crippen molar-refractivity contribution in [2.45, 2.75) is 25.8 Å². The van der Waals surface area contributed by atoms with Crippen molar-refractivity contribution in [1.29, 1.82) is 0 Å². The van der Waals surface area contributed by atoms with Gasteiger partial charge in [-0.25, -0.2) is 4.98 Å². The summed E-state index contributed by atoms with van der Waals surface area (Å²) in [6.07, 6.45) is 1.47. The smallest absolute Gasteiger partial charge is 0.230 e. The number of piperidine rings is 1. The number of hydrogen-bond acceptors (Lipinski definition) is 6. The van der Waals surface area contributed by atoms with Crippen LogP contribution < -0.4 is 5.73 Å². The minimum atomic E-state index is -0.224. The molecular weight excluding hydrogens is 350 g/mol. The molecule has 1 fully saturated rings. The summed E-state index contributed by atoms with van der Waals surface area (Å²) < 4.78 is 1.50. The highest BCUT2D eigenvalue weighted by molar-refractivity contribution is 7.17. The van der Waals surface area contributed by atoms with E-state index in [1.807, 2.05) is 25.1 Å². The topological polar surface area (TPSA) is 96.8 Å². The number of benzene rings is 1. The minimum Gasteiger partial charge on any atom is -0.492 e. The lowest BCUT2D eigenvalue weighted by Gasteiger charge is -2.36. The molecule has 4 rings (SSSR count). The summed E-state index contributed by atoms with van der Waals surface area (Å²) in [6, 6.07) is 10.00. The predicted octanol–water partition coefficient (Wildman–Crippen LogP) is 2.09. The van der Waals surface area contributed by atoms with Gasteiger partial charge in [-0.05, 0) is 38.4 Å². The maximum atomic E-state index is 11.5. The molecule has 1 saturated heterocycles. The zero-order chi connectivity index (χ0) is 18.3. The lowest BCUT2D eigenvalue weighted by Crippen LogP contribution is -2.40. The summed E-state index contributed by atoms with van der Waals surface area (Å²) in [5.41, 5.74) is 6.57. The van der Waals surface area contributed by atoms with Gasteiger partial charge in [-0.3, -0.25) is 9.69 Å². The van der Waals surface area contributed by atoms with Gasteiger partial charge in [0, 0.05) is 5.92 Å². The van der Waals surface area contributed by atoms with Crippen LogP contribution >= 0.6 is 11.3 Å². The van der Waals surface area contributed by atoms with Crippen molar-refractivity contribution in [2.75, 3.05) is 13.1 Å². The standard InChI is InChI=1S/C18H21N5O2S/c1-11-20-18-23(21-11)17(25)15(26-18)14(12-5-3-2-4-6-12)22-9-7-13(8-10-22)16(19)24/h2-6,13-14,25H,7-10H2,1H3,(H2,19,24)/t14-/m1/s1. The summed E-state index contributed by atoms with van der Waals surface area (Å²) in [5.74, 6) is 0.479. The molecule has 0 spiro atoms. The van der Waals surface area contributed by atoms with E-state index in [0.717, 1.165) is 36.4 Å². The Morgan fingerprint density at radius 1 is 1.31 bits per heavy atom. The fourth-order valence-electron chi connectivity index (χ4n) is 3.63. The highest BCUT2D eigenvalue weighted by Crippen LogP contribution is 2.41. The first-order chi connectivity index (χ1) is 12.5. The Balaban J connectivity index is 1.73. The van der Waals surface area contributed by atoms with Crippen LogP contribution in [0.1, 0.15) is 35.1 Å². The van der Waals surface area contributed by atoms with E-state index < -0.39 is 0 Å². The summed E-state index contributed by atoms with van der Waals surface area (Å²) >= 11 is 1.45. The second kappa shape index (κ2) is 6.69. The summed E-state index contributed by atoms with van der Waals surface area (Å²) in [4.78, 5) is 19.7. The van der Waals surface area contributed by atoms with E-state index in [9.17, 15) is 9.90 Å². The molecule has 1 aliphatic rings. The Hall–Kier alpha value is -2.45. The Bertz CT molecular complexity index is 928. The zero-order valence-corrected chi connectivity index (χ0v) is 15.3. The fourth-order valence-corrected chi connectivity index (χ4v) is 4.79. The van der Waals surface area contributed by atoms with Crippen molar-refractivity contribution in [3.8, 4) is 5.88 Å². The second-order valence-electron chi connectivity index (χ2n) is 6.67. The summed E-state index contributed by atoms with van der Waals surface area (Å²) in [6.45, 7) is 3.31. The molecule has 136 valence electrons. The number of thiazole rings is 1. The SMILES string of the molecule is Cc1nc2sc([C@@H](c3ccccc3)N3CCC(C(N)=O)CC3)c(O)n2n1. The van der Waals surface area contributed by atoms with Gasteiger partial charge in [-0.1, -0.05) is 41.7 Å². The third kappa shape index (κ3) is 2.95. The van der Waals surface area contributed by atoms with Crippen molar-refractivity contribution < 1.29 is 9.90 Å². The van der Waals surface area contributed by atoms with E-state index >= 15 is 0 Å². The molecule has 7 nitrogen and oxygen atoms in total. The monoisotopic (exact) mass is 371 g/mol. The molecule has 1 aromatic carbocycles. The molecule has 3 aromatic rings. The maximum absolute atomic E-state index is 11.5. The molecule has 2 aromatic heterocycles. The number of primary amides is 1. The number of amides is 1. The van der Waals surface area contributed by atoms with Crippen molar-refractivity contribution in [3.63, 3.8) is 0 Å². The van der Waals surface area contributed by atoms with E-state index in [1.54, 1.807) is 0 Å². The van der Waals surface area contributed by atoms with Crippen LogP contribution in [0.4, 0.5) is 0 Å². The molecule has 8 heteroatoms. The van der Waals surface area contributed by atoms with Crippen LogP contribution in [0.2, 0.25) is 0 Å². The molecule has 0 bridgehead atoms. The number of carbonyl (C=O) groups excluding carboxylic acids is 1. The van der Waals surface area contributed by atoms with Crippen LogP contribution in [0.5, 0.6) is 5.88 Å².